The molecule has 1 atom stereocenters. The van der Waals surface area contributed by atoms with Crippen molar-refractivity contribution in [3.05, 3.63) is 29.8 Å². The van der Waals surface area contributed by atoms with E-state index in [0.717, 1.165) is 0 Å². The van der Waals surface area contributed by atoms with Crippen LogP contribution in [-0.2, 0) is 14.3 Å². The smallest absolute Gasteiger partial charge is 0.310 e. The van der Waals surface area contributed by atoms with Crippen LogP contribution in [0.15, 0.2) is 24.3 Å². The molecule has 1 unspecified atom stereocenters. The van der Waals surface area contributed by atoms with E-state index in [0.29, 0.717) is 30.8 Å². The fourth-order valence-electron chi connectivity index (χ4n) is 2.26. The number of para-hydroxylation sites is 1. The molecule has 0 saturated carbocycles. The van der Waals surface area contributed by atoms with Crippen molar-refractivity contribution < 1.29 is 19.1 Å². The van der Waals surface area contributed by atoms with Crippen molar-refractivity contribution >= 4 is 11.9 Å². The summed E-state index contributed by atoms with van der Waals surface area (Å²) in [6.07, 6.45) is 0.604. The lowest BCUT2D eigenvalue weighted by Gasteiger charge is -2.16. The van der Waals surface area contributed by atoms with E-state index in [-0.39, 0.29) is 24.4 Å². The number of methoxy groups -OCH3 is 1. The van der Waals surface area contributed by atoms with Gasteiger partial charge in [-0.1, -0.05) is 12.1 Å². The van der Waals surface area contributed by atoms with Crippen LogP contribution in [0.4, 0.5) is 0 Å². The summed E-state index contributed by atoms with van der Waals surface area (Å²) >= 11 is 0. The van der Waals surface area contributed by atoms with Gasteiger partial charge in [0.2, 0.25) is 0 Å². The van der Waals surface area contributed by atoms with Crippen LogP contribution in [0.3, 0.4) is 0 Å². The molecule has 1 aliphatic rings. The summed E-state index contributed by atoms with van der Waals surface area (Å²) in [6, 6.07) is 8.75. The van der Waals surface area contributed by atoms with Crippen molar-refractivity contribution in [3.63, 3.8) is 0 Å². The van der Waals surface area contributed by atoms with Gasteiger partial charge in [0.25, 0.3) is 5.91 Å². The number of hydrogen-bond donors (Lipinski definition) is 0. The minimum Gasteiger partial charge on any atom is -0.482 e. The largest absolute Gasteiger partial charge is 0.482 e. The number of nitriles is 1. The van der Waals surface area contributed by atoms with Crippen LogP contribution in [-0.4, -0.2) is 43.6 Å². The first kappa shape index (κ1) is 14.9. The van der Waals surface area contributed by atoms with Crippen molar-refractivity contribution in [2.24, 2.45) is 5.92 Å². The fourth-order valence-corrected chi connectivity index (χ4v) is 2.26. The Morgan fingerprint density at radius 3 is 2.90 bits per heavy atom. The standard InChI is InChI=1S/C15H16N2O4/c1-20-15(19)12-6-7-17(9-12)14(18)10-21-13-5-3-2-4-11(13)8-16/h2-5,12H,6-7,9-10H2,1H3. The molecule has 1 aromatic carbocycles. The van der Waals surface area contributed by atoms with Crippen LogP contribution in [0.2, 0.25) is 0 Å². The number of carbonyl (C=O) groups is 2. The molecule has 1 aromatic rings. The van der Waals surface area contributed by atoms with Crippen LogP contribution < -0.4 is 4.74 Å². The number of nitrogens with zero attached hydrogens (tertiary/aromatic N) is 2. The molecule has 6 nitrogen and oxygen atoms in total. The van der Waals surface area contributed by atoms with Crippen LogP contribution in [0.25, 0.3) is 0 Å². The number of rotatable bonds is 4. The normalized spacial score (nSPS) is 17.1. The number of carbonyl (C=O) groups excluding carboxylic acids is 2. The monoisotopic (exact) mass is 288 g/mol. The number of benzene rings is 1. The van der Waals surface area contributed by atoms with Gasteiger partial charge in [0.15, 0.2) is 6.61 Å². The molecule has 2 rings (SSSR count). The highest BCUT2D eigenvalue weighted by Gasteiger charge is 2.31. The number of amides is 1. The van der Waals surface area contributed by atoms with E-state index in [4.69, 9.17) is 10.00 Å². The molecule has 6 heteroatoms. The van der Waals surface area contributed by atoms with Gasteiger partial charge in [-0.05, 0) is 18.6 Å². The molecule has 1 amide bonds. The second-order valence-electron chi connectivity index (χ2n) is 4.75. The summed E-state index contributed by atoms with van der Waals surface area (Å²) in [7, 11) is 1.34. The van der Waals surface area contributed by atoms with Crippen molar-refractivity contribution in [3.8, 4) is 11.8 Å². The maximum absolute atomic E-state index is 12.0. The van der Waals surface area contributed by atoms with Gasteiger partial charge in [-0.2, -0.15) is 5.26 Å². The quantitative estimate of drug-likeness (QED) is 0.771. The van der Waals surface area contributed by atoms with E-state index in [9.17, 15) is 9.59 Å². The molecule has 0 N–H and O–H groups in total. The summed E-state index contributed by atoms with van der Waals surface area (Å²) in [5.74, 6) is -0.363. The van der Waals surface area contributed by atoms with Gasteiger partial charge in [0.1, 0.15) is 11.8 Å². The van der Waals surface area contributed by atoms with Gasteiger partial charge in [0, 0.05) is 13.1 Å². The molecule has 0 aromatic heterocycles. The van der Waals surface area contributed by atoms with Gasteiger partial charge in [-0.3, -0.25) is 9.59 Å². The average molecular weight is 288 g/mol. The zero-order valence-corrected chi connectivity index (χ0v) is 11.7. The Bertz CT molecular complexity index is 579. The zero-order chi connectivity index (χ0) is 15.2. The van der Waals surface area contributed by atoms with Crippen molar-refractivity contribution in [1.29, 1.82) is 5.26 Å². The third-order valence-electron chi connectivity index (χ3n) is 3.43. The van der Waals surface area contributed by atoms with E-state index in [1.54, 1.807) is 29.2 Å². The molecule has 1 fully saturated rings. The highest BCUT2D eigenvalue weighted by Crippen LogP contribution is 2.19. The fraction of sp³-hybridized carbons (Fsp3) is 0.400. The Labute approximate surface area is 122 Å². The molecule has 0 spiro atoms. The van der Waals surface area contributed by atoms with Crippen LogP contribution in [0.5, 0.6) is 5.75 Å². The SMILES string of the molecule is COC(=O)C1CCN(C(=O)COc2ccccc2C#N)C1. The Kier molecular flexibility index (Phi) is 4.77. The minimum absolute atomic E-state index is 0.146. The lowest BCUT2D eigenvalue weighted by molar-refractivity contribution is -0.145. The minimum atomic E-state index is -0.291. The highest BCUT2D eigenvalue weighted by atomic mass is 16.5. The summed E-state index contributed by atoms with van der Waals surface area (Å²) in [4.78, 5) is 25.0. The maximum atomic E-state index is 12.0. The van der Waals surface area contributed by atoms with Crippen LogP contribution in [0, 0.1) is 17.2 Å². The topological polar surface area (TPSA) is 79.6 Å². The highest BCUT2D eigenvalue weighted by molar-refractivity contribution is 5.80. The van der Waals surface area contributed by atoms with Gasteiger partial charge < -0.3 is 14.4 Å². The van der Waals surface area contributed by atoms with Gasteiger partial charge in [-0.25, -0.2) is 0 Å². The van der Waals surface area contributed by atoms with E-state index < -0.39 is 0 Å². The number of hydrogen-bond acceptors (Lipinski definition) is 5. The van der Waals surface area contributed by atoms with Crippen molar-refractivity contribution in [2.45, 2.75) is 6.42 Å². The third-order valence-corrected chi connectivity index (χ3v) is 3.43. The van der Waals surface area contributed by atoms with E-state index in [1.165, 1.54) is 7.11 Å². The Morgan fingerprint density at radius 2 is 2.19 bits per heavy atom. The molecule has 0 radical (unpaired) electrons. The molecule has 110 valence electrons. The van der Waals surface area contributed by atoms with E-state index >= 15 is 0 Å². The number of likely N-dealkylation sites (tertiary alicyclic amines) is 1. The lowest BCUT2D eigenvalue weighted by Crippen LogP contribution is -2.34. The van der Waals surface area contributed by atoms with E-state index in [1.807, 2.05) is 6.07 Å². The lowest BCUT2D eigenvalue weighted by atomic mass is 10.1. The summed E-state index contributed by atoms with van der Waals surface area (Å²) in [5.41, 5.74) is 0.388. The summed E-state index contributed by atoms with van der Waals surface area (Å²) in [5, 5.41) is 8.94. The first-order chi connectivity index (χ1) is 10.2. The molecule has 1 heterocycles. The third kappa shape index (κ3) is 3.51. The van der Waals surface area contributed by atoms with Crippen molar-refractivity contribution in [1.82, 2.24) is 4.90 Å². The second kappa shape index (κ2) is 6.75. The molecule has 1 aliphatic heterocycles. The number of esters is 1. The molecular weight excluding hydrogens is 272 g/mol. The zero-order valence-electron chi connectivity index (χ0n) is 11.7. The van der Waals surface area contributed by atoms with Crippen LogP contribution >= 0.6 is 0 Å². The van der Waals surface area contributed by atoms with E-state index in [2.05, 4.69) is 4.74 Å². The number of ether oxygens (including phenoxy) is 2. The first-order valence-corrected chi connectivity index (χ1v) is 6.63. The summed E-state index contributed by atoms with van der Waals surface area (Å²) < 4.78 is 10.1. The molecule has 0 aliphatic carbocycles. The second-order valence-corrected chi connectivity index (χ2v) is 4.75. The van der Waals surface area contributed by atoms with Gasteiger partial charge in [-0.15, -0.1) is 0 Å². The van der Waals surface area contributed by atoms with Crippen LogP contribution in [0.1, 0.15) is 12.0 Å². The van der Waals surface area contributed by atoms with Gasteiger partial charge in [0.05, 0.1) is 18.6 Å². The molecule has 0 bridgehead atoms. The predicted molar refractivity (Wildman–Crippen MR) is 73.4 cm³/mol. The Morgan fingerprint density at radius 1 is 1.43 bits per heavy atom. The van der Waals surface area contributed by atoms with Gasteiger partial charge >= 0.3 is 5.97 Å². The molecule has 1 saturated heterocycles. The Balaban J connectivity index is 1.89. The average Bonchev–Trinajstić information content (AvgIpc) is 3.02. The maximum Gasteiger partial charge on any atom is 0.310 e. The van der Waals surface area contributed by atoms with Crippen molar-refractivity contribution in [2.75, 3.05) is 26.8 Å². The predicted octanol–water partition coefficient (Wildman–Crippen LogP) is 0.959. The summed E-state index contributed by atoms with van der Waals surface area (Å²) in [6.45, 7) is 0.725. The molecular formula is C15H16N2O4. The first-order valence-electron chi connectivity index (χ1n) is 6.63. The Hall–Kier alpha value is -2.55. The molecule has 21 heavy (non-hydrogen) atoms.